The lowest BCUT2D eigenvalue weighted by Crippen LogP contribution is -2.34. The van der Waals surface area contributed by atoms with E-state index in [0.29, 0.717) is 35.6 Å². The van der Waals surface area contributed by atoms with Gasteiger partial charge in [0.05, 0.1) is 0 Å². The number of hydrogen-bond donors (Lipinski definition) is 1. The summed E-state index contributed by atoms with van der Waals surface area (Å²) in [6.45, 7) is 19.7. The molecule has 0 spiro atoms. The van der Waals surface area contributed by atoms with Gasteiger partial charge >= 0.3 is 0 Å². The van der Waals surface area contributed by atoms with E-state index in [9.17, 15) is 0 Å². The average Bonchev–Trinajstić information content (AvgIpc) is 2.83. The van der Waals surface area contributed by atoms with E-state index in [2.05, 4.69) is 97.2 Å². The van der Waals surface area contributed by atoms with Crippen LogP contribution in [0.1, 0.15) is 55.4 Å². The Morgan fingerprint density at radius 1 is 0.769 bits per heavy atom. The lowest BCUT2D eigenvalue weighted by Gasteiger charge is -2.32. The molecule has 0 aliphatic heterocycles. The van der Waals surface area contributed by atoms with Crippen molar-refractivity contribution >= 4 is 0 Å². The minimum Gasteiger partial charge on any atom is -0.314 e. The molecular weight excluding hydrogens is 314 g/mol. The minimum absolute atomic E-state index is 0.228. The molecule has 1 nitrogen and oxygen atoms in total. The molecule has 0 heterocycles. The van der Waals surface area contributed by atoms with Crippen molar-refractivity contribution in [1.29, 1.82) is 0 Å². The number of allylic oxidation sites excluding steroid dienone is 8. The molecule has 0 radical (unpaired) electrons. The molecule has 0 bridgehead atoms. The quantitative estimate of drug-likeness (QED) is 0.640. The van der Waals surface area contributed by atoms with Gasteiger partial charge in [0.15, 0.2) is 0 Å². The number of rotatable bonds is 3. The number of hydrogen-bond acceptors (Lipinski definition) is 1. The molecular formula is C25H39N. The van der Waals surface area contributed by atoms with Crippen LogP contribution in [-0.4, -0.2) is 12.6 Å². The van der Waals surface area contributed by atoms with Crippen molar-refractivity contribution in [3.8, 4) is 0 Å². The van der Waals surface area contributed by atoms with Crippen LogP contribution in [0.15, 0.2) is 47.6 Å². The summed E-state index contributed by atoms with van der Waals surface area (Å²) in [5, 5.41) is 3.73. The Labute approximate surface area is 161 Å². The van der Waals surface area contributed by atoms with Gasteiger partial charge in [0.1, 0.15) is 0 Å². The standard InChI is InChI=1S/C25H39N/c1-16(2)26-15-23-19-11-9-17(24(3,4)5)13-21(19)22-14-18(25(6,7)8)10-12-20(22)23/h9-14,16,19-23,26H,15H2,1-8H3. The highest BCUT2D eigenvalue weighted by atomic mass is 14.9. The molecule has 144 valence electrons. The SMILES string of the molecule is CC(C)NCC1C2C=CC(C(C)(C)C)=CC2C2C=C(C(C)(C)C)C=CC21. The van der Waals surface area contributed by atoms with Crippen LogP contribution in [0, 0.1) is 40.4 Å². The van der Waals surface area contributed by atoms with E-state index < -0.39 is 0 Å². The Morgan fingerprint density at radius 2 is 1.19 bits per heavy atom. The molecule has 4 unspecified atom stereocenters. The highest BCUT2D eigenvalue weighted by molar-refractivity contribution is 5.39. The van der Waals surface area contributed by atoms with Gasteiger partial charge in [0.25, 0.3) is 0 Å². The number of fused-ring (bicyclic) bond motifs is 3. The molecule has 3 aliphatic rings. The lowest BCUT2D eigenvalue weighted by molar-refractivity contribution is 0.341. The van der Waals surface area contributed by atoms with Crippen molar-refractivity contribution in [2.45, 2.75) is 61.4 Å². The summed E-state index contributed by atoms with van der Waals surface area (Å²) in [5.41, 5.74) is 3.48. The van der Waals surface area contributed by atoms with E-state index >= 15 is 0 Å². The first-order valence-corrected chi connectivity index (χ1v) is 10.5. The van der Waals surface area contributed by atoms with Crippen LogP contribution in [0.2, 0.25) is 0 Å². The molecule has 1 fully saturated rings. The van der Waals surface area contributed by atoms with Gasteiger partial charge in [-0.3, -0.25) is 0 Å². The van der Waals surface area contributed by atoms with Gasteiger partial charge in [-0.05, 0) is 58.1 Å². The Balaban J connectivity index is 1.96. The van der Waals surface area contributed by atoms with Gasteiger partial charge in [-0.25, -0.2) is 0 Å². The van der Waals surface area contributed by atoms with Crippen molar-refractivity contribution in [1.82, 2.24) is 5.32 Å². The second kappa shape index (κ2) is 6.82. The predicted molar refractivity (Wildman–Crippen MR) is 114 cm³/mol. The van der Waals surface area contributed by atoms with E-state index in [1.165, 1.54) is 11.1 Å². The van der Waals surface area contributed by atoms with Crippen LogP contribution in [0.3, 0.4) is 0 Å². The zero-order valence-electron chi connectivity index (χ0n) is 18.1. The van der Waals surface area contributed by atoms with Crippen LogP contribution < -0.4 is 5.32 Å². The van der Waals surface area contributed by atoms with E-state index in [0.717, 1.165) is 6.54 Å². The molecule has 1 saturated carbocycles. The smallest absolute Gasteiger partial charge is 0.00105 e. The highest BCUT2D eigenvalue weighted by Crippen LogP contribution is 2.54. The predicted octanol–water partition coefficient (Wildman–Crippen LogP) is 6.16. The fourth-order valence-corrected chi connectivity index (χ4v) is 4.93. The van der Waals surface area contributed by atoms with Crippen LogP contribution in [0.25, 0.3) is 0 Å². The lowest BCUT2D eigenvalue weighted by atomic mass is 9.73. The molecule has 3 aliphatic carbocycles. The Morgan fingerprint density at radius 3 is 1.54 bits per heavy atom. The van der Waals surface area contributed by atoms with Crippen LogP contribution in [-0.2, 0) is 0 Å². The average molecular weight is 354 g/mol. The largest absolute Gasteiger partial charge is 0.314 e. The minimum atomic E-state index is 0.228. The molecule has 0 amide bonds. The third kappa shape index (κ3) is 3.79. The molecule has 0 aromatic carbocycles. The monoisotopic (exact) mass is 353 g/mol. The van der Waals surface area contributed by atoms with E-state index in [1.807, 2.05) is 0 Å². The maximum Gasteiger partial charge on any atom is 0.00105 e. The van der Waals surface area contributed by atoms with E-state index in [1.54, 1.807) is 0 Å². The molecule has 4 atom stereocenters. The first-order chi connectivity index (χ1) is 12.0. The third-order valence-corrected chi connectivity index (χ3v) is 6.56. The van der Waals surface area contributed by atoms with Gasteiger partial charge in [-0.1, -0.05) is 91.8 Å². The molecule has 26 heavy (non-hydrogen) atoms. The first kappa shape index (κ1) is 19.7. The van der Waals surface area contributed by atoms with Crippen molar-refractivity contribution in [2.24, 2.45) is 40.4 Å². The maximum absolute atomic E-state index is 3.73. The molecule has 1 N–H and O–H groups in total. The van der Waals surface area contributed by atoms with Gasteiger partial charge in [0, 0.05) is 6.04 Å². The molecule has 0 aromatic rings. The van der Waals surface area contributed by atoms with Crippen molar-refractivity contribution in [2.75, 3.05) is 6.54 Å². The molecule has 3 rings (SSSR count). The molecule has 0 saturated heterocycles. The zero-order valence-corrected chi connectivity index (χ0v) is 18.1. The zero-order chi connectivity index (χ0) is 19.3. The second-order valence-corrected chi connectivity index (χ2v) is 11.0. The molecule has 0 aromatic heterocycles. The summed E-state index contributed by atoms with van der Waals surface area (Å²) in [6, 6.07) is 0.550. The second-order valence-electron chi connectivity index (χ2n) is 11.0. The summed E-state index contributed by atoms with van der Waals surface area (Å²) in [7, 11) is 0. The number of nitrogens with one attached hydrogen (secondary N) is 1. The Kier molecular flexibility index (Phi) is 5.16. The maximum atomic E-state index is 3.73. The van der Waals surface area contributed by atoms with Crippen molar-refractivity contribution in [3.63, 3.8) is 0 Å². The summed E-state index contributed by atoms with van der Waals surface area (Å²) in [4.78, 5) is 0. The Hall–Kier alpha value is -1.08. The van der Waals surface area contributed by atoms with Gasteiger partial charge in [0.2, 0.25) is 0 Å². The van der Waals surface area contributed by atoms with Crippen LogP contribution in [0.4, 0.5) is 0 Å². The molecule has 1 heteroatoms. The van der Waals surface area contributed by atoms with E-state index in [-0.39, 0.29) is 10.8 Å². The van der Waals surface area contributed by atoms with E-state index in [4.69, 9.17) is 0 Å². The Bertz CT molecular complexity index is 593. The summed E-state index contributed by atoms with van der Waals surface area (Å²) in [6.07, 6.45) is 15.1. The summed E-state index contributed by atoms with van der Waals surface area (Å²) >= 11 is 0. The summed E-state index contributed by atoms with van der Waals surface area (Å²) in [5.74, 6) is 3.28. The summed E-state index contributed by atoms with van der Waals surface area (Å²) < 4.78 is 0. The first-order valence-electron chi connectivity index (χ1n) is 10.5. The van der Waals surface area contributed by atoms with Crippen molar-refractivity contribution in [3.05, 3.63) is 47.6 Å². The fourth-order valence-electron chi connectivity index (χ4n) is 4.93. The topological polar surface area (TPSA) is 12.0 Å². The van der Waals surface area contributed by atoms with Gasteiger partial charge < -0.3 is 5.32 Å². The third-order valence-electron chi connectivity index (χ3n) is 6.56. The normalized spacial score (nSPS) is 33.8. The van der Waals surface area contributed by atoms with Crippen LogP contribution >= 0.6 is 0 Å². The fraction of sp³-hybridized carbons (Fsp3) is 0.680. The van der Waals surface area contributed by atoms with Gasteiger partial charge in [-0.15, -0.1) is 0 Å². The highest BCUT2D eigenvalue weighted by Gasteiger charge is 2.48. The van der Waals surface area contributed by atoms with Crippen molar-refractivity contribution < 1.29 is 0 Å². The van der Waals surface area contributed by atoms with Crippen LogP contribution in [0.5, 0.6) is 0 Å². The van der Waals surface area contributed by atoms with Gasteiger partial charge in [-0.2, -0.15) is 0 Å².